The fourth-order valence-electron chi connectivity index (χ4n) is 4.05. The third-order valence-corrected chi connectivity index (χ3v) is 9.07. The van der Waals surface area contributed by atoms with Crippen LogP contribution in [0.1, 0.15) is 5.56 Å². The van der Waals surface area contributed by atoms with Crippen LogP contribution in [-0.2, 0) is 16.6 Å². The lowest BCUT2D eigenvalue weighted by Gasteiger charge is -2.26. The lowest BCUT2D eigenvalue weighted by Crippen LogP contribution is -2.11. The van der Waals surface area contributed by atoms with Crippen molar-refractivity contribution >= 4 is 59.8 Å². The summed E-state index contributed by atoms with van der Waals surface area (Å²) in [7, 11) is -0.0498. The van der Waals surface area contributed by atoms with Crippen molar-refractivity contribution in [3.05, 3.63) is 148 Å². The molecule has 0 atom stereocenters. The Morgan fingerprint density at radius 1 is 0.486 bits per heavy atom. The van der Waals surface area contributed by atoms with Crippen molar-refractivity contribution in [1.29, 1.82) is 0 Å². The van der Waals surface area contributed by atoms with Crippen LogP contribution in [0.5, 0.6) is 0 Å². The summed E-state index contributed by atoms with van der Waals surface area (Å²) < 4.78 is 2.14. The molecule has 35 heavy (non-hydrogen) atoms. The van der Waals surface area contributed by atoms with E-state index in [1.807, 2.05) is 0 Å². The van der Waals surface area contributed by atoms with E-state index in [2.05, 4.69) is 170 Å². The summed E-state index contributed by atoms with van der Waals surface area (Å²) in [6.45, 7) is 0. The predicted octanol–water partition coefficient (Wildman–Crippen LogP) is 9.92. The fraction of sp³-hybridized carbons (Fsp3) is 0.0323. The monoisotopic (exact) mass is 600 g/mol. The second-order valence-electron chi connectivity index (χ2n) is 8.12. The molecule has 0 aromatic heterocycles. The second kappa shape index (κ2) is 11.3. The van der Waals surface area contributed by atoms with Crippen molar-refractivity contribution in [2.45, 2.75) is 15.5 Å². The third-order valence-electron chi connectivity index (χ3n) is 5.70. The minimum absolute atomic E-state index is 0.0498. The smallest absolute Gasteiger partial charge is 0.161 e. The maximum Gasteiger partial charge on any atom is 0.161 e. The fourth-order valence-corrected chi connectivity index (χ4v) is 6.67. The molecule has 0 bridgehead atoms. The first-order chi connectivity index (χ1) is 17.2. The standard InChI is InChI=1S/C31H24Br2NS/c32-25-14-18-27(19-15-25)34(28-20-16-26(33)17-21-28)29-9-7-8-24(22-29)23-35(30-10-3-1-4-11-30)31-12-5-2-6-13-31/h1-22H,23H2/q+1. The van der Waals surface area contributed by atoms with Gasteiger partial charge in [-0.1, -0.05) is 80.4 Å². The van der Waals surface area contributed by atoms with Gasteiger partial charge in [-0.2, -0.15) is 0 Å². The SMILES string of the molecule is Brc1ccc(N(c2ccc(Br)cc2)c2cccc(C[S+](c3ccccc3)c3ccccc3)c2)cc1. The van der Waals surface area contributed by atoms with Gasteiger partial charge in [-0.15, -0.1) is 0 Å². The predicted molar refractivity (Wildman–Crippen MR) is 157 cm³/mol. The molecule has 0 radical (unpaired) electrons. The zero-order valence-corrected chi connectivity index (χ0v) is 23.0. The van der Waals surface area contributed by atoms with Gasteiger partial charge in [0.2, 0.25) is 0 Å². The minimum Gasteiger partial charge on any atom is -0.310 e. The molecule has 0 aliphatic heterocycles. The van der Waals surface area contributed by atoms with E-state index in [0.29, 0.717) is 0 Å². The number of hydrogen-bond donors (Lipinski definition) is 0. The number of hydrogen-bond acceptors (Lipinski definition) is 1. The van der Waals surface area contributed by atoms with E-state index in [9.17, 15) is 0 Å². The summed E-state index contributed by atoms with van der Waals surface area (Å²) in [6.07, 6.45) is 0. The molecular formula is C31H24Br2NS+. The van der Waals surface area contributed by atoms with Gasteiger partial charge in [0.1, 0.15) is 5.75 Å². The molecule has 0 saturated heterocycles. The Morgan fingerprint density at radius 3 is 1.46 bits per heavy atom. The number of nitrogens with zero attached hydrogens (tertiary/aromatic N) is 1. The summed E-state index contributed by atoms with van der Waals surface area (Å²) in [5.74, 6) is 0.955. The largest absolute Gasteiger partial charge is 0.310 e. The Labute approximate surface area is 227 Å². The molecule has 0 heterocycles. The van der Waals surface area contributed by atoms with E-state index in [1.54, 1.807) is 0 Å². The van der Waals surface area contributed by atoms with Gasteiger partial charge in [-0.05, 0) is 84.9 Å². The molecule has 0 aliphatic carbocycles. The number of halogens is 2. The molecular weight excluding hydrogens is 578 g/mol. The van der Waals surface area contributed by atoms with E-state index in [0.717, 1.165) is 31.8 Å². The topological polar surface area (TPSA) is 3.24 Å². The van der Waals surface area contributed by atoms with Crippen LogP contribution in [0.3, 0.4) is 0 Å². The normalized spacial score (nSPS) is 10.9. The van der Waals surface area contributed by atoms with E-state index >= 15 is 0 Å². The number of rotatable bonds is 7. The molecule has 0 spiro atoms. The zero-order chi connectivity index (χ0) is 24.0. The van der Waals surface area contributed by atoms with Crippen LogP contribution in [0.15, 0.2) is 152 Å². The van der Waals surface area contributed by atoms with Crippen LogP contribution >= 0.6 is 31.9 Å². The highest BCUT2D eigenvalue weighted by molar-refractivity contribution is 9.10. The maximum absolute atomic E-state index is 3.58. The molecule has 5 aromatic rings. The molecule has 0 fully saturated rings. The summed E-state index contributed by atoms with van der Waals surface area (Å²) >= 11 is 7.15. The molecule has 4 heteroatoms. The lowest BCUT2D eigenvalue weighted by atomic mass is 10.1. The van der Waals surface area contributed by atoms with Gasteiger partial charge in [0.25, 0.3) is 0 Å². The molecule has 0 amide bonds. The van der Waals surface area contributed by atoms with Crippen molar-refractivity contribution in [2.24, 2.45) is 0 Å². The quantitative estimate of drug-likeness (QED) is 0.168. The van der Waals surface area contributed by atoms with Crippen LogP contribution in [0, 0.1) is 0 Å². The van der Waals surface area contributed by atoms with Crippen molar-refractivity contribution in [2.75, 3.05) is 4.90 Å². The van der Waals surface area contributed by atoms with Gasteiger partial charge in [-0.25, -0.2) is 0 Å². The van der Waals surface area contributed by atoms with Crippen molar-refractivity contribution in [3.8, 4) is 0 Å². The average molecular weight is 602 g/mol. The molecule has 0 unspecified atom stereocenters. The van der Waals surface area contributed by atoms with Crippen molar-refractivity contribution in [3.63, 3.8) is 0 Å². The summed E-state index contributed by atoms with van der Waals surface area (Å²) in [5.41, 5.74) is 4.71. The first-order valence-electron chi connectivity index (χ1n) is 11.4. The second-order valence-corrected chi connectivity index (χ2v) is 12.0. The lowest BCUT2D eigenvalue weighted by molar-refractivity contribution is 1.25. The Kier molecular flexibility index (Phi) is 7.72. The van der Waals surface area contributed by atoms with Crippen LogP contribution < -0.4 is 4.90 Å². The highest BCUT2D eigenvalue weighted by Crippen LogP contribution is 2.37. The Bertz CT molecular complexity index is 1290. The van der Waals surface area contributed by atoms with Gasteiger partial charge < -0.3 is 4.90 Å². The van der Waals surface area contributed by atoms with Crippen LogP contribution in [-0.4, -0.2) is 0 Å². The molecule has 172 valence electrons. The van der Waals surface area contributed by atoms with Gasteiger partial charge in [0.05, 0.1) is 10.9 Å². The van der Waals surface area contributed by atoms with E-state index in [1.165, 1.54) is 15.4 Å². The highest BCUT2D eigenvalue weighted by Gasteiger charge is 2.26. The zero-order valence-electron chi connectivity index (χ0n) is 19.0. The van der Waals surface area contributed by atoms with Crippen LogP contribution in [0.25, 0.3) is 0 Å². The Balaban J connectivity index is 1.54. The van der Waals surface area contributed by atoms with E-state index in [-0.39, 0.29) is 10.9 Å². The summed E-state index contributed by atoms with van der Waals surface area (Å²) in [6, 6.07) is 47.6. The Hall–Kier alpha value is -2.79. The first-order valence-corrected chi connectivity index (χ1v) is 14.4. The average Bonchev–Trinajstić information content (AvgIpc) is 2.91. The minimum atomic E-state index is -0.0498. The maximum atomic E-state index is 3.58. The van der Waals surface area contributed by atoms with Gasteiger partial charge in [0, 0.05) is 31.6 Å². The number of benzene rings is 5. The molecule has 5 rings (SSSR count). The number of anilines is 3. The molecule has 5 aromatic carbocycles. The van der Waals surface area contributed by atoms with Gasteiger partial charge >= 0.3 is 0 Å². The van der Waals surface area contributed by atoms with E-state index < -0.39 is 0 Å². The first kappa shape index (κ1) is 23.9. The Morgan fingerprint density at radius 2 is 0.971 bits per heavy atom. The van der Waals surface area contributed by atoms with Gasteiger partial charge in [0.15, 0.2) is 9.79 Å². The van der Waals surface area contributed by atoms with Crippen molar-refractivity contribution in [1.82, 2.24) is 0 Å². The van der Waals surface area contributed by atoms with Gasteiger partial charge in [-0.3, -0.25) is 0 Å². The van der Waals surface area contributed by atoms with Crippen molar-refractivity contribution < 1.29 is 0 Å². The molecule has 0 aliphatic rings. The summed E-state index contributed by atoms with van der Waals surface area (Å²) in [5, 5.41) is 0. The molecule has 0 saturated carbocycles. The highest BCUT2D eigenvalue weighted by atomic mass is 79.9. The molecule has 0 N–H and O–H groups in total. The van der Waals surface area contributed by atoms with Crippen LogP contribution in [0.2, 0.25) is 0 Å². The molecule has 1 nitrogen and oxygen atoms in total. The third kappa shape index (κ3) is 5.90. The summed E-state index contributed by atoms with van der Waals surface area (Å²) in [4.78, 5) is 5.04. The van der Waals surface area contributed by atoms with Crippen LogP contribution in [0.4, 0.5) is 17.1 Å². The van der Waals surface area contributed by atoms with E-state index in [4.69, 9.17) is 0 Å².